The quantitative estimate of drug-likeness (QED) is 0.712. The second-order valence-electron chi connectivity index (χ2n) is 7.16. The number of anilines is 2. The van der Waals surface area contributed by atoms with Gasteiger partial charge in [0.1, 0.15) is 11.9 Å². The lowest BCUT2D eigenvalue weighted by molar-refractivity contribution is -0.136. The number of nitrogens with zero attached hydrogens (tertiary/aromatic N) is 5. The summed E-state index contributed by atoms with van der Waals surface area (Å²) in [4.78, 5) is 35.4. The third-order valence-electron chi connectivity index (χ3n) is 5.42. The zero-order valence-electron chi connectivity index (χ0n) is 15.8. The molecule has 29 heavy (non-hydrogen) atoms. The van der Waals surface area contributed by atoms with Crippen LogP contribution >= 0.6 is 15.9 Å². The number of aromatic nitrogens is 1. The molecule has 0 radical (unpaired) electrons. The van der Waals surface area contributed by atoms with Crippen LogP contribution in [0, 0.1) is 17.2 Å². The fourth-order valence-electron chi connectivity index (χ4n) is 3.91. The first-order chi connectivity index (χ1) is 14.1. The summed E-state index contributed by atoms with van der Waals surface area (Å²) in [6, 6.07) is 13.2. The van der Waals surface area contributed by atoms with Crippen molar-refractivity contribution in [1.29, 1.82) is 5.26 Å². The molecule has 2 fully saturated rings. The number of carbonyl (C=O) groups excluding carboxylic acids is 2. The molecule has 2 aromatic rings. The van der Waals surface area contributed by atoms with Gasteiger partial charge in [-0.3, -0.25) is 9.59 Å². The van der Waals surface area contributed by atoms with E-state index in [2.05, 4.69) is 27.0 Å². The summed E-state index contributed by atoms with van der Waals surface area (Å²) in [6.45, 7) is 2.75. The molecule has 4 rings (SSSR count). The Morgan fingerprint density at radius 3 is 2.62 bits per heavy atom. The number of para-hydroxylation sites is 1. The van der Waals surface area contributed by atoms with Gasteiger partial charge in [0, 0.05) is 49.8 Å². The van der Waals surface area contributed by atoms with Gasteiger partial charge in [0.15, 0.2) is 0 Å². The van der Waals surface area contributed by atoms with Crippen LogP contribution in [0.3, 0.4) is 0 Å². The molecule has 1 aromatic carbocycles. The van der Waals surface area contributed by atoms with Crippen molar-refractivity contribution in [2.75, 3.05) is 42.5 Å². The molecule has 2 saturated heterocycles. The van der Waals surface area contributed by atoms with E-state index >= 15 is 0 Å². The normalized spacial score (nSPS) is 19.4. The van der Waals surface area contributed by atoms with Crippen LogP contribution in [-0.2, 0) is 9.59 Å². The molecule has 0 spiro atoms. The van der Waals surface area contributed by atoms with Crippen LogP contribution in [0.1, 0.15) is 12.0 Å². The Morgan fingerprint density at radius 1 is 1.14 bits per heavy atom. The minimum absolute atomic E-state index is 0.0223. The number of halogens is 1. The fourth-order valence-corrected chi connectivity index (χ4v) is 4.41. The smallest absolute Gasteiger partial charge is 0.228 e. The van der Waals surface area contributed by atoms with Crippen molar-refractivity contribution in [2.45, 2.75) is 6.42 Å². The predicted octanol–water partition coefficient (Wildman–Crippen LogP) is 2.42. The van der Waals surface area contributed by atoms with Gasteiger partial charge in [0.05, 0.1) is 17.2 Å². The molecule has 2 aliphatic heterocycles. The number of benzene rings is 1. The summed E-state index contributed by atoms with van der Waals surface area (Å²) in [5, 5.41) is 9.27. The van der Waals surface area contributed by atoms with Crippen LogP contribution in [0.2, 0.25) is 0 Å². The summed E-state index contributed by atoms with van der Waals surface area (Å²) in [7, 11) is 0. The van der Waals surface area contributed by atoms with E-state index in [1.54, 1.807) is 23.2 Å². The lowest BCUT2D eigenvalue weighted by Crippen LogP contribution is -2.51. The van der Waals surface area contributed by atoms with E-state index in [1.165, 1.54) is 0 Å². The van der Waals surface area contributed by atoms with Crippen LogP contribution in [0.5, 0.6) is 0 Å². The fraction of sp³-hybridized carbons (Fsp3) is 0.333. The van der Waals surface area contributed by atoms with Gasteiger partial charge in [0.25, 0.3) is 0 Å². The molecule has 0 saturated carbocycles. The Kier molecular flexibility index (Phi) is 5.49. The van der Waals surface area contributed by atoms with Gasteiger partial charge in [-0.15, -0.1) is 0 Å². The number of rotatable bonds is 3. The van der Waals surface area contributed by atoms with Gasteiger partial charge >= 0.3 is 0 Å². The van der Waals surface area contributed by atoms with Crippen LogP contribution < -0.4 is 9.80 Å². The van der Waals surface area contributed by atoms with Crippen LogP contribution in [0.15, 0.2) is 47.1 Å². The van der Waals surface area contributed by atoms with Crippen molar-refractivity contribution in [2.24, 2.45) is 5.92 Å². The summed E-state index contributed by atoms with van der Waals surface area (Å²) in [6.07, 6.45) is 1.91. The number of piperazine rings is 1. The molecular weight excluding hydrogens is 434 g/mol. The maximum atomic E-state index is 13.0. The number of pyridine rings is 1. The van der Waals surface area contributed by atoms with Gasteiger partial charge in [-0.1, -0.05) is 12.1 Å². The van der Waals surface area contributed by atoms with Gasteiger partial charge in [-0.05, 0) is 40.2 Å². The van der Waals surface area contributed by atoms with Crippen molar-refractivity contribution in [3.8, 4) is 6.07 Å². The first-order valence-electron chi connectivity index (χ1n) is 9.52. The van der Waals surface area contributed by atoms with Crippen molar-refractivity contribution in [3.05, 3.63) is 52.6 Å². The Morgan fingerprint density at radius 2 is 1.90 bits per heavy atom. The van der Waals surface area contributed by atoms with Crippen LogP contribution in [0.25, 0.3) is 0 Å². The van der Waals surface area contributed by atoms with Crippen molar-refractivity contribution in [3.63, 3.8) is 0 Å². The number of hydrogen-bond donors (Lipinski definition) is 0. The maximum absolute atomic E-state index is 13.0. The van der Waals surface area contributed by atoms with E-state index in [0.717, 1.165) is 10.2 Å². The Hall–Kier alpha value is -2.92. The monoisotopic (exact) mass is 453 g/mol. The van der Waals surface area contributed by atoms with Gasteiger partial charge in [-0.2, -0.15) is 5.26 Å². The topological polar surface area (TPSA) is 80.5 Å². The largest absolute Gasteiger partial charge is 0.352 e. The van der Waals surface area contributed by atoms with E-state index in [0.29, 0.717) is 44.1 Å². The highest BCUT2D eigenvalue weighted by atomic mass is 79.9. The lowest BCUT2D eigenvalue weighted by Gasteiger charge is -2.36. The number of amides is 2. The highest BCUT2D eigenvalue weighted by molar-refractivity contribution is 9.10. The zero-order valence-corrected chi connectivity index (χ0v) is 17.4. The molecule has 8 heteroatoms. The first-order valence-corrected chi connectivity index (χ1v) is 10.3. The maximum Gasteiger partial charge on any atom is 0.228 e. The third-order valence-corrected chi connectivity index (χ3v) is 6.09. The molecule has 0 aliphatic carbocycles. The number of carbonyl (C=O) groups is 2. The average Bonchev–Trinajstić information content (AvgIpc) is 3.15. The Balaban J connectivity index is 1.40. The highest BCUT2D eigenvalue weighted by Crippen LogP contribution is 2.32. The summed E-state index contributed by atoms with van der Waals surface area (Å²) in [5.41, 5.74) is 1.34. The van der Waals surface area contributed by atoms with E-state index < -0.39 is 0 Å². The second kappa shape index (κ2) is 8.21. The molecule has 7 nitrogen and oxygen atoms in total. The molecule has 0 N–H and O–H groups in total. The third kappa shape index (κ3) is 3.83. The molecule has 1 aromatic heterocycles. The SMILES string of the molecule is N#Cc1cccnc1N1CCN(C(=O)C2CC(=O)N(c3ccccc3Br)C2)CC1. The zero-order chi connectivity index (χ0) is 20.4. The van der Waals surface area contributed by atoms with Gasteiger partial charge < -0.3 is 14.7 Å². The number of nitriles is 1. The van der Waals surface area contributed by atoms with E-state index in [4.69, 9.17) is 0 Å². The first kappa shape index (κ1) is 19.4. The molecule has 1 unspecified atom stereocenters. The molecule has 1 atom stereocenters. The van der Waals surface area contributed by atoms with Crippen LogP contribution in [-0.4, -0.2) is 54.4 Å². The molecule has 148 valence electrons. The molecule has 2 aliphatic rings. The second-order valence-corrected chi connectivity index (χ2v) is 8.01. The highest BCUT2D eigenvalue weighted by Gasteiger charge is 2.38. The van der Waals surface area contributed by atoms with Crippen molar-refractivity contribution in [1.82, 2.24) is 9.88 Å². The van der Waals surface area contributed by atoms with E-state index in [-0.39, 0.29) is 24.2 Å². The van der Waals surface area contributed by atoms with E-state index in [1.807, 2.05) is 34.1 Å². The lowest BCUT2D eigenvalue weighted by atomic mass is 10.1. The number of hydrogen-bond acceptors (Lipinski definition) is 5. The van der Waals surface area contributed by atoms with Crippen LogP contribution in [0.4, 0.5) is 11.5 Å². The molecule has 2 amide bonds. The van der Waals surface area contributed by atoms with Crippen molar-refractivity contribution >= 4 is 39.2 Å². The van der Waals surface area contributed by atoms with E-state index in [9.17, 15) is 14.9 Å². The average molecular weight is 454 g/mol. The Bertz CT molecular complexity index is 981. The predicted molar refractivity (Wildman–Crippen MR) is 112 cm³/mol. The Labute approximate surface area is 177 Å². The standard InChI is InChI=1S/C21H20BrN5O2/c22-17-5-1-2-6-18(17)27-14-16(12-19(27)28)21(29)26-10-8-25(9-11-26)20-15(13-23)4-3-7-24-20/h1-7,16H,8-12,14H2. The van der Waals surface area contributed by atoms with Gasteiger partial charge in [0.2, 0.25) is 11.8 Å². The summed E-state index contributed by atoms with van der Waals surface area (Å²) in [5.74, 6) is 0.332. The minimum atomic E-state index is -0.328. The molecule has 3 heterocycles. The summed E-state index contributed by atoms with van der Waals surface area (Å²) < 4.78 is 0.846. The minimum Gasteiger partial charge on any atom is -0.352 e. The molecular formula is C21H20BrN5O2. The molecule has 0 bridgehead atoms. The van der Waals surface area contributed by atoms with Gasteiger partial charge in [-0.25, -0.2) is 4.98 Å². The van der Waals surface area contributed by atoms with Crippen molar-refractivity contribution < 1.29 is 9.59 Å². The summed E-state index contributed by atoms with van der Waals surface area (Å²) >= 11 is 3.48.